The second-order valence-corrected chi connectivity index (χ2v) is 4.97. The molecular weight excluding hydrogens is 202 g/mol. The van der Waals surface area contributed by atoms with E-state index in [-0.39, 0.29) is 0 Å². The molecule has 0 heterocycles. The number of benzene rings is 1. The lowest BCUT2D eigenvalue weighted by Crippen LogP contribution is -2.05. The maximum Gasteiger partial charge on any atom is 0.0202 e. The minimum Gasteiger partial charge on any atom is -0.316 e. The molecule has 0 fully saturated rings. The molecule has 1 nitrogen and oxygen atoms in total. The molecule has 0 spiro atoms. The molecule has 1 aromatic rings. The number of thioether (sulfide) groups is 1. The van der Waals surface area contributed by atoms with Crippen LogP contribution in [0.25, 0.3) is 0 Å². The van der Waals surface area contributed by atoms with Crippen LogP contribution in [0.5, 0.6) is 0 Å². The summed E-state index contributed by atoms with van der Waals surface area (Å²) in [6.45, 7) is 5.40. The number of aryl methyl sites for hydroxylation is 1. The molecule has 0 aliphatic carbocycles. The van der Waals surface area contributed by atoms with Crippen LogP contribution in [0.4, 0.5) is 0 Å². The minimum absolute atomic E-state index is 0.959. The van der Waals surface area contributed by atoms with E-state index in [1.54, 1.807) is 0 Å². The highest BCUT2D eigenvalue weighted by Gasteiger charge is 2.00. The van der Waals surface area contributed by atoms with Crippen molar-refractivity contribution in [2.75, 3.05) is 12.8 Å². The summed E-state index contributed by atoms with van der Waals surface area (Å²) in [7, 11) is 1.99. The Hall–Kier alpha value is -0.470. The summed E-state index contributed by atoms with van der Waals surface area (Å²) in [5, 5.41) is 3.18. The Morgan fingerprint density at radius 3 is 2.73 bits per heavy atom. The summed E-state index contributed by atoms with van der Waals surface area (Å²) in [4.78, 5) is 1.43. The number of hydrogen-bond acceptors (Lipinski definition) is 2. The first-order chi connectivity index (χ1) is 7.27. The smallest absolute Gasteiger partial charge is 0.0202 e. The largest absolute Gasteiger partial charge is 0.316 e. The summed E-state index contributed by atoms with van der Waals surface area (Å²) >= 11 is 1.98. The first kappa shape index (κ1) is 12.6. The maximum atomic E-state index is 3.18. The standard InChI is InChI=1S/C13H21NS/c1-4-5-8-15-13-7-6-12(10-14-3)9-11(13)2/h6-7,9,14H,4-5,8,10H2,1-3H3. The van der Waals surface area contributed by atoms with E-state index < -0.39 is 0 Å². The zero-order valence-electron chi connectivity index (χ0n) is 9.97. The van der Waals surface area contributed by atoms with Crippen molar-refractivity contribution in [1.82, 2.24) is 5.32 Å². The van der Waals surface area contributed by atoms with Crippen LogP contribution in [0.2, 0.25) is 0 Å². The van der Waals surface area contributed by atoms with Crippen LogP contribution in [0.3, 0.4) is 0 Å². The molecule has 0 amide bonds. The van der Waals surface area contributed by atoms with E-state index in [4.69, 9.17) is 0 Å². The molecule has 1 N–H and O–H groups in total. The van der Waals surface area contributed by atoms with Crippen molar-refractivity contribution in [2.45, 2.75) is 38.1 Å². The molecule has 0 atom stereocenters. The zero-order chi connectivity index (χ0) is 11.1. The Morgan fingerprint density at radius 2 is 2.13 bits per heavy atom. The van der Waals surface area contributed by atoms with E-state index in [0.717, 1.165) is 6.54 Å². The number of unbranched alkanes of at least 4 members (excludes halogenated alkanes) is 1. The van der Waals surface area contributed by atoms with Crippen LogP contribution >= 0.6 is 11.8 Å². The Labute approximate surface area is 97.7 Å². The lowest BCUT2D eigenvalue weighted by Gasteiger charge is -2.07. The van der Waals surface area contributed by atoms with Gasteiger partial charge in [0.15, 0.2) is 0 Å². The molecular formula is C13H21NS. The van der Waals surface area contributed by atoms with Crippen molar-refractivity contribution >= 4 is 11.8 Å². The molecule has 0 saturated heterocycles. The molecule has 0 aliphatic heterocycles. The lowest BCUT2D eigenvalue weighted by atomic mass is 10.1. The highest BCUT2D eigenvalue weighted by molar-refractivity contribution is 7.99. The van der Waals surface area contributed by atoms with Crippen LogP contribution in [0.1, 0.15) is 30.9 Å². The summed E-state index contributed by atoms with van der Waals surface area (Å²) in [5.41, 5.74) is 2.78. The first-order valence-electron chi connectivity index (χ1n) is 5.65. The van der Waals surface area contributed by atoms with Gasteiger partial charge >= 0.3 is 0 Å². The van der Waals surface area contributed by atoms with E-state index >= 15 is 0 Å². The topological polar surface area (TPSA) is 12.0 Å². The normalized spacial score (nSPS) is 10.6. The van der Waals surface area contributed by atoms with Gasteiger partial charge in [0.2, 0.25) is 0 Å². The average molecular weight is 223 g/mol. The maximum absolute atomic E-state index is 3.18. The Morgan fingerprint density at radius 1 is 1.33 bits per heavy atom. The first-order valence-corrected chi connectivity index (χ1v) is 6.63. The van der Waals surface area contributed by atoms with Crippen molar-refractivity contribution in [1.29, 1.82) is 0 Å². The van der Waals surface area contributed by atoms with Gasteiger partial charge in [-0.15, -0.1) is 11.8 Å². The van der Waals surface area contributed by atoms with E-state index in [9.17, 15) is 0 Å². The fourth-order valence-electron chi connectivity index (χ4n) is 1.51. The average Bonchev–Trinajstić information content (AvgIpc) is 2.22. The molecule has 15 heavy (non-hydrogen) atoms. The van der Waals surface area contributed by atoms with Crippen molar-refractivity contribution in [3.05, 3.63) is 29.3 Å². The second-order valence-electron chi connectivity index (χ2n) is 3.83. The van der Waals surface area contributed by atoms with Crippen LogP contribution < -0.4 is 5.32 Å². The molecule has 2 heteroatoms. The summed E-state index contributed by atoms with van der Waals surface area (Å²) in [5.74, 6) is 1.24. The van der Waals surface area contributed by atoms with Gasteiger partial charge in [0.25, 0.3) is 0 Å². The predicted molar refractivity (Wildman–Crippen MR) is 69.6 cm³/mol. The van der Waals surface area contributed by atoms with Crippen LogP contribution in [-0.4, -0.2) is 12.8 Å². The van der Waals surface area contributed by atoms with Crippen LogP contribution in [0, 0.1) is 6.92 Å². The zero-order valence-corrected chi connectivity index (χ0v) is 10.8. The Bertz CT molecular complexity index is 297. The molecule has 0 bridgehead atoms. The fourth-order valence-corrected chi connectivity index (χ4v) is 2.62. The van der Waals surface area contributed by atoms with E-state index in [1.807, 2.05) is 18.8 Å². The van der Waals surface area contributed by atoms with Gasteiger partial charge in [-0.1, -0.05) is 25.5 Å². The van der Waals surface area contributed by atoms with E-state index in [0.29, 0.717) is 0 Å². The fraction of sp³-hybridized carbons (Fsp3) is 0.538. The third-order valence-corrected chi connectivity index (χ3v) is 3.64. The molecule has 0 unspecified atom stereocenters. The molecule has 1 aromatic carbocycles. The van der Waals surface area contributed by atoms with Gasteiger partial charge in [0, 0.05) is 11.4 Å². The Balaban J connectivity index is 2.58. The molecule has 0 saturated carbocycles. The SMILES string of the molecule is CCCCSc1ccc(CNC)cc1C. The predicted octanol–water partition coefficient (Wildman–Crippen LogP) is 3.61. The van der Waals surface area contributed by atoms with Crippen LogP contribution in [-0.2, 0) is 6.54 Å². The van der Waals surface area contributed by atoms with Crippen molar-refractivity contribution < 1.29 is 0 Å². The van der Waals surface area contributed by atoms with Gasteiger partial charge in [-0.3, -0.25) is 0 Å². The van der Waals surface area contributed by atoms with Gasteiger partial charge in [0.1, 0.15) is 0 Å². The van der Waals surface area contributed by atoms with Gasteiger partial charge in [-0.2, -0.15) is 0 Å². The summed E-state index contributed by atoms with van der Waals surface area (Å²) < 4.78 is 0. The number of nitrogens with one attached hydrogen (secondary N) is 1. The quantitative estimate of drug-likeness (QED) is 0.584. The van der Waals surface area contributed by atoms with Gasteiger partial charge in [0.05, 0.1) is 0 Å². The Kier molecular flexibility index (Phi) is 5.81. The molecule has 0 radical (unpaired) electrons. The van der Waals surface area contributed by atoms with Crippen molar-refractivity contribution in [2.24, 2.45) is 0 Å². The number of hydrogen-bond donors (Lipinski definition) is 1. The molecule has 0 aliphatic rings. The minimum atomic E-state index is 0.959. The molecule has 0 aromatic heterocycles. The third kappa shape index (κ3) is 4.27. The van der Waals surface area contributed by atoms with Gasteiger partial charge in [-0.25, -0.2) is 0 Å². The second kappa shape index (κ2) is 6.91. The van der Waals surface area contributed by atoms with Gasteiger partial charge in [-0.05, 0) is 43.3 Å². The highest BCUT2D eigenvalue weighted by Crippen LogP contribution is 2.24. The summed E-state index contributed by atoms with van der Waals surface area (Å²) in [6, 6.07) is 6.75. The molecule has 1 rings (SSSR count). The van der Waals surface area contributed by atoms with Crippen molar-refractivity contribution in [3.8, 4) is 0 Å². The summed E-state index contributed by atoms with van der Waals surface area (Å²) in [6.07, 6.45) is 2.59. The van der Waals surface area contributed by atoms with E-state index in [2.05, 4.69) is 37.4 Å². The van der Waals surface area contributed by atoms with Gasteiger partial charge < -0.3 is 5.32 Å². The van der Waals surface area contributed by atoms with Crippen molar-refractivity contribution in [3.63, 3.8) is 0 Å². The monoisotopic (exact) mass is 223 g/mol. The molecule has 84 valence electrons. The van der Waals surface area contributed by atoms with E-state index in [1.165, 1.54) is 34.6 Å². The lowest BCUT2D eigenvalue weighted by molar-refractivity contribution is 0.815. The highest BCUT2D eigenvalue weighted by atomic mass is 32.2. The third-order valence-electron chi connectivity index (χ3n) is 2.38. The number of rotatable bonds is 6. The van der Waals surface area contributed by atoms with Crippen LogP contribution in [0.15, 0.2) is 23.1 Å².